The number of methoxy groups -OCH3 is 1. The molecule has 1 fully saturated rings. The Kier molecular flexibility index (Phi) is 6.92. The monoisotopic (exact) mass is 444 g/mol. The number of carbonyl (C=O) groups excluding carboxylic acids is 1. The van der Waals surface area contributed by atoms with Crippen molar-refractivity contribution in [3.63, 3.8) is 0 Å². The summed E-state index contributed by atoms with van der Waals surface area (Å²) in [6, 6.07) is 25.3. The SMILES string of the molecule is CCOc1cc(/C=C2/SC(=Nc3ccccc3)N(Cc3ccccc3)C2=O)ccc1OC. The van der Waals surface area contributed by atoms with Gasteiger partial charge in [-0.2, -0.15) is 0 Å². The molecule has 0 aliphatic carbocycles. The van der Waals surface area contributed by atoms with Crippen molar-refractivity contribution in [1.29, 1.82) is 0 Å². The van der Waals surface area contributed by atoms with Crippen LogP contribution in [0.1, 0.15) is 18.1 Å². The highest BCUT2D eigenvalue weighted by atomic mass is 32.2. The normalized spacial score (nSPS) is 16.1. The Morgan fingerprint density at radius 1 is 0.969 bits per heavy atom. The maximum absolute atomic E-state index is 13.3. The van der Waals surface area contributed by atoms with E-state index in [1.807, 2.05) is 91.9 Å². The van der Waals surface area contributed by atoms with E-state index in [9.17, 15) is 4.79 Å². The van der Waals surface area contributed by atoms with Crippen molar-refractivity contribution in [2.45, 2.75) is 13.5 Å². The Morgan fingerprint density at radius 3 is 2.38 bits per heavy atom. The van der Waals surface area contributed by atoms with Crippen LogP contribution in [0, 0.1) is 0 Å². The summed E-state index contributed by atoms with van der Waals surface area (Å²) in [5.74, 6) is 1.25. The number of amidine groups is 1. The van der Waals surface area contributed by atoms with Crippen LogP contribution in [-0.4, -0.2) is 29.7 Å². The molecule has 1 amide bonds. The van der Waals surface area contributed by atoms with Crippen molar-refractivity contribution in [1.82, 2.24) is 4.90 Å². The van der Waals surface area contributed by atoms with E-state index in [1.165, 1.54) is 11.8 Å². The van der Waals surface area contributed by atoms with E-state index < -0.39 is 0 Å². The van der Waals surface area contributed by atoms with Gasteiger partial charge in [0.1, 0.15) is 0 Å². The second-order valence-corrected chi connectivity index (χ2v) is 8.07. The van der Waals surface area contributed by atoms with Gasteiger partial charge in [-0.25, -0.2) is 4.99 Å². The smallest absolute Gasteiger partial charge is 0.267 e. The number of thioether (sulfide) groups is 1. The molecule has 0 saturated carbocycles. The summed E-state index contributed by atoms with van der Waals surface area (Å²) < 4.78 is 11.0. The summed E-state index contributed by atoms with van der Waals surface area (Å²) in [6.45, 7) is 2.92. The molecule has 0 radical (unpaired) electrons. The van der Waals surface area contributed by atoms with Crippen LogP contribution >= 0.6 is 11.8 Å². The molecule has 1 aliphatic rings. The number of ether oxygens (including phenoxy) is 2. The molecule has 3 aromatic rings. The van der Waals surface area contributed by atoms with Gasteiger partial charge in [-0.15, -0.1) is 0 Å². The van der Waals surface area contributed by atoms with E-state index >= 15 is 0 Å². The Hall–Kier alpha value is -3.51. The first-order valence-corrected chi connectivity index (χ1v) is 11.2. The Bertz CT molecular complexity index is 1140. The van der Waals surface area contributed by atoms with Crippen molar-refractivity contribution in [3.05, 3.63) is 94.9 Å². The van der Waals surface area contributed by atoms with Crippen LogP contribution in [0.5, 0.6) is 11.5 Å². The average molecular weight is 445 g/mol. The molecule has 162 valence electrons. The minimum atomic E-state index is -0.0673. The van der Waals surface area contributed by atoms with Crippen molar-refractivity contribution in [2.75, 3.05) is 13.7 Å². The van der Waals surface area contributed by atoms with Crippen molar-refractivity contribution < 1.29 is 14.3 Å². The van der Waals surface area contributed by atoms with Gasteiger partial charge in [0, 0.05) is 0 Å². The zero-order valence-corrected chi connectivity index (χ0v) is 18.8. The van der Waals surface area contributed by atoms with Gasteiger partial charge >= 0.3 is 0 Å². The molecule has 1 saturated heterocycles. The minimum Gasteiger partial charge on any atom is -0.493 e. The number of aliphatic imine (C=N–C) groups is 1. The van der Waals surface area contributed by atoms with Crippen LogP contribution in [0.15, 0.2) is 88.8 Å². The van der Waals surface area contributed by atoms with Crippen LogP contribution < -0.4 is 9.47 Å². The van der Waals surface area contributed by atoms with Crippen LogP contribution in [0.25, 0.3) is 6.08 Å². The van der Waals surface area contributed by atoms with Gasteiger partial charge in [0.25, 0.3) is 5.91 Å². The Morgan fingerprint density at radius 2 is 1.69 bits per heavy atom. The molecule has 1 aliphatic heterocycles. The van der Waals surface area contributed by atoms with Gasteiger partial charge in [0.15, 0.2) is 16.7 Å². The molecular formula is C26H24N2O3S. The predicted molar refractivity (Wildman–Crippen MR) is 130 cm³/mol. The topological polar surface area (TPSA) is 51.1 Å². The molecule has 0 bridgehead atoms. The molecule has 5 nitrogen and oxygen atoms in total. The third kappa shape index (κ3) is 5.03. The van der Waals surface area contributed by atoms with E-state index in [0.29, 0.717) is 34.7 Å². The molecule has 32 heavy (non-hydrogen) atoms. The zero-order valence-electron chi connectivity index (χ0n) is 18.0. The summed E-state index contributed by atoms with van der Waals surface area (Å²) in [7, 11) is 1.61. The highest BCUT2D eigenvalue weighted by molar-refractivity contribution is 8.18. The summed E-state index contributed by atoms with van der Waals surface area (Å²) in [5.41, 5.74) is 2.72. The van der Waals surface area contributed by atoms with Crippen LogP contribution in [0.3, 0.4) is 0 Å². The molecule has 0 atom stereocenters. The zero-order chi connectivity index (χ0) is 22.3. The van der Waals surface area contributed by atoms with Crippen LogP contribution in [0.4, 0.5) is 5.69 Å². The fourth-order valence-electron chi connectivity index (χ4n) is 3.31. The van der Waals surface area contributed by atoms with Crippen molar-refractivity contribution in [2.24, 2.45) is 4.99 Å². The highest BCUT2D eigenvalue weighted by Gasteiger charge is 2.33. The van der Waals surface area contributed by atoms with Gasteiger partial charge in [0.2, 0.25) is 0 Å². The van der Waals surface area contributed by atoms with Gasteiger partial charge in [0.05, 0.1) is 30.9 Å². The van der Waals surface area contributed by atoms with Gasteiger partial charge in [-0.3, -0.25) is 9.69 Å². The quantitative estimate of drug-likeness (QED) is 0.426. The number of amides is 1. The lowest BCUT2D eigenvalue weighted by Gasteiger charge is -2.15. The standard InChI is InChI=1S/C26H24N2O3S/c1-3-31-23-16-20(14-15-22(23)30-2)17-24-25(29)28(18-19-10-6-4-7-11-19)26(32-24)27-21-12-8-5-9-13-21/h4-17H,3,18H2,1-2H3/b24-17+,27-26?. The fraction of sp³-hybridized carbons (Fsp3) is 0.154. The van der Waals surface area contributed by atoms with E-state index in [2.05, 4.69) is 0 Å². The summed E-state index contributed by atoms with van der Waals surface area (Å²) in [4.78, 5) is 20.4. The maximum atomic E-state index is 13.3. The number of para-hydroxylation sites is 1. The van der Waals surface area contributed by atoms with E-state index in [0.717, 1.165) is 16.8 Å². The van der Waals surface area contributed by atoms with Gasteiger partial charge in [-0.1, -0.05) is 54.6 Å². The van der Waals surface area contributed by atoms with E-state index in [-0.39, 0.29) is 5.91 Å². The van der Waals surface area contributed by atoms with Crippen molar-refractivity contribution in [3.8, 4) is 11.5 Å². The van der Waals surface area contributed by atoms with E-state index in [4.69, 9.17) is 14.5 Å². The first-order chi connectivity index (χ1) is 15.7. The molecule has 6 heteroatoms. The molecule has 0 spiro atoms. The lowest BCUT2D eigenvalue weighted by molar-refractivity contribution is -0.122. The number of rotatable bonds is 7. The molecule has 3 aromatic carbocycles. The second kappa shape index (κ2) is 10.2. The maximum Gasteiger partial charge on any atom is 0.267 e. The molecule has 0 N–H and O–H groups in total. The summed E-state index contributed by atoms with van der Waals surface area (Å²) in [6.07, 6.45) is 1.88. The number of hydrogen-bond acceptors (Lipinski definition) is 5. The molecular weight excluding hydrogens is 420 g/mol. The first-order valence-electron chi connectivity index (χ1n) is 10.4. The fourth-order valence-corrected chi connectivity index (χ4v) is 4.31. The van der Waals surface area contributed by atoms with Gasteiger partial charge in [-0.05, 0) is 60.2 Å². The summed E-state index contributed by atoms with van der Waals surface area (Å²) in [5, 5.41) is 0.662. The lowest BCUT2D eigenvalue weighted by atomic mass is 10.1. The number of hydrogen-bond donors (Lipinski definition) is 0. The molecule has 0 aromatic heterocycles. The van der Waals surface area contributed by atoms with Crippen LogP contribution in [0.2, 0.25) is 0 Å². The minimum absolute atomic E-state index is 0.0673. The largest absolute Gasteiger partial charge is 0.493 e. The highest BCUT2D eigenvalue weighted by Crippen LogP contribution is 2.36. The number of nitrogens with zero attached hydrogens (tertiary/aromatic N) is 2. The lowest BCUT2D eigenvalue weighted by Crippen LogP contribution is -2.28. The number of carbonyl (C=O) groups is 1. The third-order valence-electron chi connectivity index (χ3n) is 4.84. The van der Waals surface area contributed by atoms with Crippen LogP contribution in [-0.2, 0) is 11.3 Å². The first kappa shape index (κ1) is 21.7. The molecule has 0 unspecified atom stereocenters. The third-order valence-corrected chi connectivity index (χ3v) is 5.84. The average Bonchev–Trinajstić information content (AvgIpc) is 3.09. The Labute approximate surface area is 192 Å². The molecule has 4 rings (SSSR count). The van der Waals surface area contributed by atoms with Crippen molar-refractivity contribution >= 4 is 34.6 Å². The predicted octanol–water partition coefficient (Wildman–Crippen LogP) is 5.90. The van der Waals surface area contributed by atoms with E-state index in [1.54, 1.807) is 12.0 Å². The van der Waals surface area contributed by atoms with Gasteiger partial charge < -0.3 is 9.47 Å². The summed E-state index contributed by atoms with van der Waals surface area (Å²) >= 11 is 1.38. The Balaban J connectivity index is 1.68. The second-order valence-electron chi connectivity index (χ2n) is 7.06. The molecule has 1 heterocycles. The number of benzene rings is 3.